The number of hydrogen-bond donors (Lipinski definition) is 0. The molecule has 0 fully saturated rings. The lowest BCUT2D eigenvalue weighted by molar-refractivity contribution is -0.660. The van der Waals surface area contributed by atoms with Gasteiger partial charge in [-0.2, -0.15) is 0 Å². The van der Waals surface area contributed by atoms with E-state index in [9.17, 15) is 0 Å². The van der Waals surface area contributed by atoms with Gasteiger partial charge in [-0.15, -0.1) is 0 Å². The molecule has 0 saturated carbocycles. The van der Waals surface area contributed by atoms with E-state index in [1.165, 1.54) is 12.5 Å². The van der Waals surface area contributed by atoms with E-state index in [0.717, 1.165) is 33.5 Å². The number of fused-ring (bicyclic) bond motifs is 3. The summed E-state index contributed by atoms with van der Waals surface area (Å²) >= 11 is 0. The van der Waals surface area contributed by atoms with Crippen molar-refractivity contribution in [1.82, 2.24) is 0 Å². The number of pyridine rings is 1. The minimum absolute atomic E-state index is 0.310. The van der Waals surface area contributed by atoms with Crippen LogP contribution in [0, 0.1) is 6.92 Å². The number of aryl methyl sites for hydroxylation is 2. The van der Waals surface area contributed by atoms with Crippen LogP contribution in [0.25, 0.3) is 22.4 Å². The Balaban J connectivity index is 2.21. The zero-order valence-corrected chi connectivity index (χ0v) is 16.1. The molecule has 1 heteroatoms. The lowest BCUT2D eigenvalue weighted by atomic mass is 9.77. The molecule has 132 valence electrons. The van der Waals surface area contributed by atoms with Crippen molar-refractivity contribution in [2.75, 3.05) is 0 Å². The van der Waals surface area contributed by atoms with Crippen LogP contribution in [0.15, 0.2) is 54.7 Å². The third-order valence-electron chi connectivity index (χ3n) is 5.73. The third kappa shape index (κ3) is 2.26. The molecule has 0 aliphatic heterocycles. The molecular formula is C25H28N+. The van der Waals surface area contributed by atoms with Crippen LogP contribution in [0.4, 0.5) is 0 Å². The van der Waals surface area contributed by atoms with Gasteiger partial charge < -0.3 is 0 Å². The van der Waals surface area contributed by atoms with E-state index in [1.807, 2.05) is 50.5 Å². The fraction of sp³-hybridized carbons (Fsp3) is 0.320. The molecule has 0 spiro atoms. The first-order valence-electron chi connectivity index (χ1n) is 11.1. The van der Waals surface area contributed by atoms with Gasteiger partial charge in [0.15, 0.2) is 6.20 Å². The minimum Gasteiger partial charge on any atom is -0.201 e. The molecule has 1 aromatic heterocycles. The maximum Gasteiger partial charge on any atom is 0.212 e. The fourth-order valence-corrected chi connectivity index (χ4v) is 4.51. The van der Waals surface area contributed by atoms with Crippen LogP contribution in [0.1, 0.15) is 61.3 Å². The van der Waals surface area contributed by atoms with Gasteiger partial charge in [0, 0.05) is 23.0 Å². The molecule has 3 aromatic rings. The highest BCUT2D eigenvalue weighted by Crippen LogP contribution is 2.54. The molecule has 1 nitrogen and oxygen atoms in total. The van der Waals surface area contributed by atoms with E-state index in [0.29, 0.717) is 5.56 Å². The summed E-state index contributed by atoms with van der Waals surface area (Å²) in [4.78, 5) is 0. The van der Waals surface area contributed by atoms with E-state index in [-0.39, 0.29) is 5.41 Å². The maximum atomic E-state index is 8.90. The lowest BCUT2D eigenvalue weighted by Crippen LogP contribution is -2.31. The first-order chi connectivity index (χ1) is 13.9. The summed E-state index contributed by atoms with van der Waals surface area (Å²) in [7, 11) is 2.03. The van der Waals surface area contributed by atoms with Gasteiger partial charge in [-0.3, -0.25) is 0 Å². The highest BCUT2D eigenvalue weighted by Gasteiger charge is 2.41. The number of aromatic nitrogens is 1. The molecule has 4 rings (SSSR count). The van der Waals surface area contributed by atoms with Crippen LogP contribution in [-0.2, 0) is 12.5 Å². The molecule has 1 atom stereocenters. The van der Waals surface area contributed by atoms with E-state index in [2.05, 4.69) is 36.6 Å². The van der Waals surface area contributed by atoms with Gasteiger partial charge in [0.05, 0.1) is 5.56 Å². The van der Waals surface area contributed by atoms with E-state index in [4.69, 9.17) is 5.48 Å². The zero-order valence-electron chi connectivity index (χ0n) is 20.1. The van der Waals surface area contributed by atoms with Crippen molar-refractivity contribution in [3.8, 4) is 22.4 Å². The summed E-state index contributed by atoms with van der Waals surface area (Å²) < 4.78 is 35.3. The highest BCUT2D eigenvalue weighted by molar-refractivity contribution is 5.90. The average Bonchev–Trinajstić information content (AvgIpc) is 2.89. The van der Waals surface area contributed by atoms with Crippen molar-refractivity contribution in [2.45, 2.75) is 45.9 Å². The SMILES string of the molecule is [2H]C([2H])([2H])C([2H])(C)c1cc(C)c(-c2cccc[n+]2C)c2c1-c1ccccc1C2(C)C. The van der Waals surface area contributed by atoms with Crippen LogP contribution in [0.3, 0.4) is 0 Å². The Hall–Kier alpha value is -2.41. The second kappa shape index (κ2) is 5.81. The van der Waals surface area contributed by atoms with Crippen molar-refractivity contribution < 1.29 is 10.1 Å². The lowest BCUT2D eigenvalue weighted by Gasteiger charge is -2.26. The molecule has 0 saturated heterocycles. The van der Waals surface area contributed by atoms with Gasteiger partial charge in [-0.05, 0) is 52.3 Å². The molecule has 0 amide bonds. The Labute approximate surface area is 163 Å². The van der Waals surface area contributed by atoms with E-state index < -0.39 is 12.7 Å². The first-order valence-corrected chi connectivity index (χ1v) is 9.12. The van der Waals surface area contributed by atoms with Crippen LogP contribution < -0.4 is 4.57 Å². The average molecular weight is 347 g/mol. The molecule has 0 bridgehead atoms. The monoisotopic (exact) mass is 346 g/mol. The number of nitrogens with zero attached hydrogens (tertiary/aromatic N) is 1. The Morgan fingerprint density at radius 3 is 2.54 bits per heavy atom. The van der Waals surface area contributed by atoms with Gasteiger partial charge in [0.2, 0.25) is 5.69 Å². The van der Waals surface area contributed by atoms with Gasteiger partial charge in [0.1, 0.15) is 7.05 Å². The molecule has 2 aromatic carbocycles. The third-order valence-corrected chi connectivity index (χ3v) is 5.73. The van der Waals surface area contributed by atoms with Crippen LogP contribution in [-0.4, -0.2) is 0 Å². The van der Waals surface area contributed by atoms with Gasteiger partial charge in [-0.25, -0.2) is 4.57 Å². The molecule has 26 heavy (non-hydrogen) atoms. The molecule has 0 radical (unpaired) electrons. The minimum atomic E-state index is -2.44. The summed E-state index contributed by atoms with van der Waals surface area (Å²) in [5.74, 6) is -1.72. The largest absolute Gasteiger partial charge is 0.212 e. The summed E-state index contributed by atoms with van der Waals surface area (Å²) in [6, 6.07) is 16.3. The fourth-order valence-electron chi connectivity index (χ4n) is 4.51. The van der Waals surface area contributed by atoms with E-state index >= 15 is 0 Å². The predicted molar refractivity (Wildman–Crippen MR) is 109 cm³/mol. The first kappa shape index (κ1) is 12.9. The summed E-state index contributed by atoms with van der Waals surface area (Å²) in [6.45, 7) is 5.51. The van der Waals surface area contributed by atoms with Crippen LogP contribution in [0.2, 0.25) is 0 Å². The number of rotatable bonds is 2. The quantitative estimate of drug-likeness (QED) is 0.507. The second-order valence-electron chi connectivity index (χ2n) is 7.86. The number of hydrogen-bond acceptors (Lipinski definition) is 0. The van der Waals surface area contributed by atoms with Crippen LogP contribution >= 0.6 is 0 Å². The standard InChI is InChI=1S/C25H28N/c1-16(2)19-15-17(3)22(21-13-9-10-14-26(21)6)24-23(19)18-11-7-8-12-20(18)25(24,4)5/h7-16H,1-6H3/q+1/i1D3,16D. The molecule has 1 unspecified atom stereocenters. The Kier molecular flexibility index (Phi) is 2.87. The predicted octanol–water partition coefficient (Wildman–Crippen LogP) is 5.92. The Bertz CT molecular complexity index is 1160. The summed E-state index contributed by atoms with van der Waals surface area (Å²) in [6.07, 6.45) is 2.03. The Morgan fingerprint density at radius 2 is 1.81 bits per heavy atom. The van der Waals surface area contributed by atoms with Gasteiger partial charge >= 0.3 is 0 Å². The summed E-state index contributed by atoms with van der Waals surface area (Å²) in [5, 5.41) is 0. The van der Waals surface area contributed by atoms with Crippen molar-refractivity contribution in [3.63, 3.8) is 0 Å². The normalized spacial score (nSPS) is 19.4. The smallest absolute Gasteiger partial charge is 0.201 e. The second-order valence-corrected chi connectivity index (χ2v) is 7.86. The molecule has 1 heterocycles. The highest BCUT2D eigenvalue weighted by atomic mass is 14.9. The number of benzene rings is 2. The Morgan fingerprint density at radius 1 is 1.08 bits per heavy atom. The van der Waals surface area contributed by atoms with Gasteiger partial charge in [-0.1, -0.05) is 58.0 Å². The molecule has 1 aliphatic rings. The van der Waals surface area contributed by atoms with Crippen molar-refractivity contribution >= 4 is 0 Å². The van der Waals surface area contributed by atoms with Crippen molar-refractivity contribution in [3.05, 3.63) is 77.0 Å². The maximum absolute atomic E-state index is 8.90. The van der Waals surface area contributed by atoms with Gasteiger partial charge in [0.25, 0.3) is 0 Å². The molecular weight excluding hydrogens is 314 g/mol. The van der Waals surface area contributed by atoms with E-state index in [1.54, 1.807) is 0 Å². The summed E-state index contributed by atoms with van der Waals surface area (Å²) in [5.41, 5.74) is 7.71. The molecule has 1 aliphatic carbocycles. The zero-order chi connectivity index (χ0) is 22.1. The van der Waals surface area contributed by atoms with Crippen molar-refractivity contribution in [2.24, 2.45) is 7.05 Å². The molecule has 0 N–H and O–H groups in total. The van der Waals surface area contributed by atoms with Crippen molar-refractivity contribution in [1.29, 1.82) is 0 Å². The van der Waals surface area contributed by atoms with Crippen LogP contribution in [0.5, 0.6) is 0 Å². The topological polar surface area (TPSA) is 3.88 Å².